The lowest BCUT2D eigenvalue weighted by atomic mass is 10.1. The Morgan fingerprint density at radius 2 is 2.17 bits per heavy atom. The topological polar surface area (TPSA) is 125 Å². The summed E-state index contributed by atoms with van der Waals surface area (Å²) < 4.78 is 0. The normalized spacial score (nSPS) is 14.9. The number of piperazine rings is 1. The van der Waals surface area contributed by atoms with E-state index in [1.807, 2.05) is 43.7 Å². The highest BCUT2D eigenvalue weighted by molar-refractivity contribution is 5.96. The maximum atomic E-state index is 12.5. The van der Waals surface area contributed by atoms with Gasteiger partial charge in [-0.1, -0.05) is 0 Å². The molecule has 3 rings (SSSR count). The Morgan fingerprint density at radius 1 is 1.37 bits per heavy atom. The molecule has 9 heteroatoms. The number of nitrogens with one attached hydrogen (secondary N) is 2. The monoisotopic (exact) mass is 409 g/mol. The van der Waals surface area contributed by atoms with Crippen LogP contribution in [0.4, 0.5) is 11.6 Å². The van der Waals surface area contributed by atoms with Gasteiger partial charge in [0.15, 0.2) is 5.82 Å². The van der Waals surface area contributed by atoms with Crippen LogP contribution in [0.1, 0.15) is 17.3 Å². The van der Waals surface area contributed by atoms with Gasteiger partial charge in [0, 0.05) is 56.1 Å². The molecule has 0 radical (unpaired) electrons. The van der Waals surface area contributed by atoms with Crippen molar-refractivity contribution in [1.82, 2.24) is 20.6 Å². The van der Waals surface area contributed by atoms with E-state index in [1.54, 1.807) is 18.3 Å². The van der Waals surface area contributed by atoms with E-state index in [-0.39, 0.29) is 5.91 Å². The van der Waals surface area contributed by atoms with Crippen molar-refractivity contribution in [3.05, 3.63) is 48.3 Å². The molecule has 1 aliphatic heterocycles. The van der Waals surface area contributed by atoms with Crippen molar-refractivity contribution in [2.75, 3.05) is 44.7 Å². The lowest BCUT2D eigenvalue weighted by Gasteiger charge is -2.29. The number of hydrogen-bond donors (Lipinski definition) is 4. The van der Waals surface area contributed by atoms with Gasteiger partial charge in [0.2, 0.25) is 0 Å². The summed E-state index contributed by atoms with van der Waals surface area (Å²) in [4.78, 5) is 28.2. The molecule has 0 atom stereocenters. The molecular weight excluding hydrogens is 380 g/mol. The molecule has 0 aromatic carbocycles. The molecule has 0 spiro atoms. The largest absolute Gasteiger partial charge is 0.383 e. The van der Waals surface area contributed by atoms with Gasteiger partial charge in [-0.25, -0.2) is 15.0 Å². The molecule has 0 bridgehead atoms. The minimum atomic E-state index is -0.116. The highest BCUT2D eigenvalue weighted by atomic mass is 16.1. The molecule has 2 aromatic rings. The molecule has 9 nitrogen and oxygen atoms in total. The number of carbonyl (C=O) groups excluding carboxylic acids is 1. The lowest BCUT2D eigenvalue weighted by molar-refractivity contribution is -0.556. The van der Waals surface area contributed by atoms with E-state index in [9.17, 15) is 4.79 Å². The van der Waals surface area contributed by atoms with E-state index in [1.165, 1.54) is 0 Å². The van der Waals surface area contributed by atoms with Crippen LogP contribution >= 0.6 is 0 Å². The van der Waals surface area contributed by atoms with E-state index < -0.39 is 0 Å². The fourth-order valence-corrected chi connectivity index (χ4v) is 3.12. The molecule has 0 aliphatic carbocycles. The number of aromatic nitrogens is 2. The number of amidine groups is 1. The van der Waals surface area contributed by atoms with Gasteiger partial charge in [-0.3, -0.25) is 4.79 Å². The van der Waals surface area contributed by atoms with Crippen molar-refractivity contribution in [3.63, 3.8) is 0 Å². The van der Waals surface area contributed by atoms with Gasteiger partial charge < -0.3 is 26.6 Å². The average molecular weight is 410 g/mol. The number of nitrogens with two attached hydrogens (primary N) is 2. The first kappa shape index (κ1) is 21.4. The number of pyridine rings is 2. The van der Waals surface area contributed by atoms with Crippen LogP contribution in [0.5, 0.6) is 0 Å². The van der Waals surface area contributed by atoms with Crippen LogP contribution in [0.2, 0.25) is 0 Å². The maximum absolute atomic E-state index is 12.5. The summed E-state index contributed by atoms with van der Waals surface area (Å²) in [5, 5.41) is 8.08. The van der Waals surface area contributed by atoms with Crippen molar-refractivity contribution < 1.29 is 10.1 Å². The van der Waals surface area contributed by atoms with Crippen molar-refractivity contribution in [1.29, 1.82) is 0 Å². The van der Waals surface area contributed by atoms with Gasteiger partial charge in [0.25, 0.3) is 5.91 Å². The lowest BCUT2D eigenvalue weighted by Crippen LogP contribution is -2.72. The third-order valence-corrected chi connectivity index (χ3v) is 4.60. The molecule has 3 heterocycles. The Balaban J connectivity index is 1.99. The smallest absolute Gasteiger partial charge is 0.251 e. The summed E-state index contributed by atoms with van der Waals surface area (Å²) in [6.07, 6.45) is 5.20. The van der Waals surface area contributed by atoms with Crippen LogP contribution in [-0.2, 0) is 0 Å². The van der Waals surface area contributed by atoms with E-state index in [4.69, 9.17) is 10.7 Å². The number of anilines is 1. The molecule has 1 aliphatic rings. The molecule has 6 N–H and O–H groups in total. The first-order chi connectivity index (χ1) is 14.6. The number of aliphatic imine (C=N–C) groups is 1. The zero-order valence-corrected chi connectivity index (χ0v) is 17.4. The predicted molar refractivity (Wildman–Crippen MR) is 119 cm³/mol. The number of rotatable bonds is 7. The quantitative estimate of drug-likeness (QED) is 0.377. The Kier molecular flexibility index (Phi) is 7.47. The molecule has 1 saturated heterocycles. The Morgan fingerprint density at radius 3 is 2.90 bits per heavy atom. The van der Waals surface area contributed by atoms with Gasteiger partial charge in [-0.05, 0) is 31.2 Å². The SMILES string of the molecule is CCNC(=O)c1cc(-c2ccnc(N=C(N)/C=C\[NH2+]C)c2)nc(N2CCNCC2)c1. The highest BCUT2D eigenvalue weighted by Crippen LogP contribution is 2.25. The molecule has 158 valence electrons. The summed E-state index contributed by atoms with van der Waals surface area (Å²) in [6, 6.07) is 7.33. The van der Waals surface area contributed by atoms with Gasteiger partial charge in [-0.15, -0.1) is 0 Å². The van der Waals surface area contributed by atoms with Crippen LogP contribution in [-0.4, -0.2) is 61.5 Å². The second kappa shape index (κ2) is 10.5. The molecule has 0 unspecified atom stereocenters. The predicted octanol–water partition coefficient (Wildman–Crippen LogP) is -0.00150. The molecular formula is C21H29N8O+. The maximum Gasteiger partial charge on any atom is 0.251 e. The standard InChI is InChI=1S/C21H28N8O/c1-3-25-21(30)16-12-17(27-20(14-16)29-10-8-24-9-11-29)15-4-7-26-19(13-15)28-18(22)5-6-23-2/h4-7,12-14,23-24H,3,8-11H2,1-2H3,(H,25,30)(H2,22,26,28)/p+1/b6-5-. The molecule has 1 fully saturated rings. The first-order valence-corrected chi connectivity index (χ1v) is 10.1. The van der Waals surface area contributed by atoms with Gasteiger partial charge >= 0.3 is 0 Å². The molecule has 0 saturated carbocycles. The van der Waals surface area contributed by atoms with E-state index >= 15 is 0 Å². The minimum Gasteiger partial charge on any atom is -0.383 e. The van der Waals surface area contributed by atoms with Crippen molar-refractivity contribution in [2.45, 2.75) is 6.92 Å². The fourth-order valence-electron chi connectivity index (χ4n) is 3.12. The van der Waals surface area contributed by atoms with Crippen molar-refractivity contribution >= 4 is 23.4 Å². The van der Waals surface area contributed by atoms with Gasteiger partial charge in [0.05, 0.1) is 18.9 Å². The zero-order valence-electron chi connectivity index (χ0n) is 17.4. The summed E-state index contributed by atoms with van der Waals surface area (Å²) >= 11 is 0. The third kappa shape index (κ3) is 5.62. The summed E-state index contributed by atoms with van der Waals surface area (Å²) in [7, 11) is 1.91. The minimum absolute atomic E-state index is 0.116. The number of nitrogens with zero attached hydrogens (tertiary/aromatic N) is 4. The number of amides is 1. The average Bonchev–Trinajstić information content (AvgIpc) is 2.78. The second-order valence-corrected chi connectivity index (χ2v) is 6.83. The van der Waals surface area contributed by atoms with Gasteiger partial charge in [0.1, 0.15) is 11.7 Å². The summed E-state index contributed by atoms with van der Waals surface area (Å²) in [6.45, 7) is 5.93. The van der Waals surface area contributed by atoms with Crippen LogP contribution in [0.25, 0.3) is 11.3 Å². The first-order valence-electron chi connectivity index (χ1n) is 10.1. The van der Waals surface area contributed by atoms with E-state index in [2.05, 4.69) is 25.5 Å². The molecule has 2 aromatic heterocycles. The Bertz CT molecular complexity index is 934. The van der Waals surface area contributed by atoms with Crippen LogP contribution in [0, 0.1) is 0 Å². The third-order valence-electron chi connectivity index (χ3n) is 4.60. The molecule has 1 amide bonds. The summed E-state index contributed by atoms with van der Waals surface area (Å²) in [5.74, 6) is 1.52. The van der Waals surface area contributed by atoms with Gasteiger partial charge in [-0.2, -0.15) is 0 Å². The van der Waals surface area contributed by atoms with E-state index in [0.717, 1.165) is 37.6 Å². The Labute approximate surface area is 176 Å². The van der Waals surface area contributed by atoms with Crippen LogP contribution in [0.3, 0.4) is 0 Å². The summed E-state index contributed by atoms with van der Waals surface area (Å²) in [5.41, 5.74) is 8.02. The zero-order chi connectivity index (χ0) is 21.3. The highest BCUT2D eigenvalue weighted by Gasteiger charge is 2.17. The Hall–Kier alpha value is -3.30. The molecule has 30 heavy (non-hydrogen) atoms. The van der Waals surface area contributed by atoms with Crippen molar-refractivity contribution in [2.24, 2.45) is 10.7 Å². The number of hydrogen-bond acceptors (Lipinski definition) is 6. The number of carbonyl (C=O) groups is 1. The van der Waals surface area contributed by atoms with E-state index in [0.29, 0.717) is 29.5 Å². The van der Waals surface area contributed by atoms with Crippen LogP contribution in [0.15, 0.2) is 47.7 Å². The van der Waals surface area contributed by atoms with Crippen LogP contribution < -0.4 is 26.6 Å². The fraction of sp³-hybridized carbons (Fsp3) is 0.333. The second-order valence-electron chi connectivity index (χ2n) is 6.83. The van der Waals surface area contributed by atoms with Crippen molar-refractivity contribution in [3.8, 4) is 11.3 Å². The number of quaternary nitrogens is 1.